The third kappa shape index (κ3) is 3.11. The number of fused-ring (bicyclic) bond motifs is 4. The summed E-state index contributed by atoms with van der Waals surface area (Å²) in [6, 6.07) is 8.77. The number of phenols is 2. The fraction of sp³-hybridized carbons (Fsp3) is 0.348. The highest BCUT2D eigenvalue weighted by Gasteiger charge is 2.70. The number of anilines is 1. The molecule has 2 aromatic rings. The van der Waals surface area contributed by atoms with Gasteiger partial charge in [-0.1, -0.05) is 17.7 Å². The number of likely N-dealkylation sites (tertiary alicyclic amines) is 1. The van der Waals surface area contributed by atoms with Gasteiger partial charge in [0.15, 0.2) is 11.5 Å². The number of imide groups is 1. The second kappa shape index (κ2) is 7.72. The minimum Gasteiger partial charge on any atom is -0.504 e. The van der Waals surface area contributed by atoms with Crippen molar-refractivity contribution in [3.63, 3.8) is 0 Å². The van der Waals surface area contributed by atoms with Gasteiger partial charge in [-0.05, 0) is 42.3 Å². The van der Waals surface area contributed by atoms with E-state index in [4.69, 9.17) is 16.3 Å². The number of aromatic hydroxyl groups is 2. The number of carbonyl (C=O) groups is 3. The molecule has 2 aromatic carbocycles. The number of rotatable bonds is 5. The van der Waals surface area contributed by atoms with Crippen LogP contribution in [0.25, 0.3) is 0 Å². The zero-order chi connectivity index (χ0) is 23.5. The second-order valence-corrected chi connectivity index (χ2v) is 8.99. The number of halogens is 1. The number of nitrogens with one attached hydrogen (secondary N) is 2. The summed E-state index contributed by atoms with van der Waals surface area (Å²) in [4.78, 5) is 41.5. The van der Waals surface area contributed by atoms with Crippen molar-refractivity contribution in [2.45, 2.75) is 18.0 Å². The predicted octanol–water partition coefficient (Wildman–Crippen LogP) is 1.36. The topological polar surface area (TPSA) is 128 Å². The zero-order valence-corrected chi connectivity index (χ0v) is 18.4. The van der Waals surface area contributed by atoms with Crippen LogP contribution in [0.1, 0.15) is 11.1 Å². The number of benzene rings is 2. The molecular weight excluding hydrogens is 450 g/mol. The van der Waals surface area contributed by atoms with E-state index >= 15 is 0 Å². The number of hydrogen-bond donors (Lipinski definition) is 4. The van der Waals surface area contributed by atoms with E-state index in [0.717, 1.165) is 0 Å². The first kappa shape index (κ1) is 21.7. The van der Waals surface area contributed by atoms with Gasteiger partial charge in [0.05, 0.1) is 25.0 Å². The van der Waals surface area contributed by atoms with Gasteiger partial charge in [-0.3, -0.25) is 24.6 Å². The molecule has 33 heavy (non-hydrogen) atoms. The number of methoxy groups -OCH3 is 1. The zero-order valence-electron chi connectivity index (χ0n) is 17.7. The number of amides is 3. The van der Waals surface area contributed by atoms with Crippen LogP contribution in [0, 0.1) is 11.8 Å². The SMILES string of the molecule is COCCN1C(=O)[C@H]2[C@@H](C1=O)[C@@]1(N[C@@H]2Cc2ccc(O)c(O)c2)C(=O)Nc2ccc(Cl)cc21. The van der Waals surface area contributed by atoms with Crippen LogP contribution >= 0.6 is 11.6 Å². The summed E-state index contributed by atoms with van der Waals surface area (Å²) < 4.78 is 5.07. The maximum atomic E-state index is 13.5. The minimum atomic E-state index is -1.46. The summed E-state index contributed by atoms with van der Waals surface area (Å²) in [5.41, 5.74) is 0.247. The lowest BCUT2D eigenvalue weighted by Gasteiger charge is -2.29. The third-order valence-corrected chi connectivity index (χ3v) is 7.02. The molecule has 2 fully saturated rings. The molecule has 9 nitrogen and oxygen atoms in total. The maximum absolute atomic E-state index is 13.5. The summed E-state index contributed by atoms with van der Waals surface area (Å²) >= 11 is 6.24. The van der Waals surface area contributed by atoms with E-state index in [-0.39, 0.29) is 37.0 Å². The maximum Gasteiger partial charge on any atom is 0.250 e. The first-order valence-electron chi connectivity index (χ1n) is 10.5. The molecule has 4 N–H and O–H groups in total. The smallest absolute Gasteiger partial charge is 0.250 e. The van der Waals surface area contributed by atoms with E-state index in [2.05, 4.69) is 10.6 Å². The van der Waals surface area contributed by atoms with Gasteiger partial charge in [-0.2, -0.15) is 0 Å². The molecule has 3 aliphatic rings. The molecule has 0 unspecified atom stereocenters. The lowest BCUT2D eigenvalue weighted by molar-refractivity contribution is -0.143. The summed E-state index contributed by atoms with van der Waals surface area (Å²) in [6.45, 7) is 0.274. The van der Waals surface area contributed by atoms with Crippen molar-refractivity contribution < 1.29 is 29.3 Å². The predicted molar refractivity (Wildman–Crippen MR) is 118 cm³/mol. The van der Waals surface area contributed by atoms with E-state index in [9.17, 15) is 24.6 Å². The fourth-order valence-electron chi connectivity index (χ4n) is 5.36. The Morgan fingerprint density at radius 3 is 2.61 bits per heavy atom. The molecule has 5 rings (SSSR count). The normalized spacial score (nSPS) is 27.9. The van der Waals surface area contributed by atoms with Gasteiger partial charge in [0.2, 0.25) is 17.7 Å². The average molecular weight is 472 g/mol. The van der Waals surface area contributed by atoms with E-state index in [1.807, 2.05) is 0 Å². The van der Waals surface area contributed by atoms with Crippen LogP contribution in [-0.4, -0.2) is 59.1 Å². The summed E-state index contributed by atoms with van der Waals surface area (Å²) in [5.74, 6) is -3.54. The van der Waals surface area contributed by atoms with E-state index in [0.29, 0.717) is 21.8 Å². The Kier molecular flexibility index (Phi) is 5.08. The number of phenolic OH excluding ortho intramolecular Hbond substituents is 2. The molecule has 3 aliphatic heterocycles. The van der Waals surface area contributed by atoms with E-state index in [1.165, 1.54) is 24.1 Å². The Morgan fingerprint density at radius 1 is 1.09 bits per heavy atom. The van der Waals surface area contributed by atoms with Gasteiger partial charge < -0.3 is 20.3 Å². The third-order valence-electron chi connectivity index (χ3n) is 6.78. The van der Waals surface area contributed by atoms with Crippen LogP contribution in [0.4, 0.5) is 5.69 Å². The van der Waals surface area contributed by atoms with Gasteiger partial charge in [-0.25, -0.2) is 0 Å². The van der Waals surface area contributed by atoms with Crippen LogP contribution in [0.15, 0.2) is 36.4 Å². The van der Waals surface area contributed by atoms with Crippen LogP contribution in [0.2, 0.25) is 5.02 Å². The van der Waals surface area contributed by atoms with Gasteiger partial charge in [-0.15, -0.1) is 0 Å². The molecule has 0 radical (unpaired) electrons. The molecule has 172 valence electrons. The molecule has 0 aliphatic carbocycles. The first-order valence-corrected chi connectivity index (χ1v) is 10.9. The van der Waals surface area contributed by atoms with Crippen molar-refractivity contribution in [1.82, 2.24) is 10.2 Å². The highest BCUT2D eigenvalue weighted by Crippen LogP contribution is 2.53. The Hall–Kier alpha value is -3.14. The molecule has 1 spiro atoms. The van der Waals surface area contributed by atoms with Crippen LogP contribution in [0.3, 0.4) is 0 Å². The van der Waals surface area contributed by atoms with Crippen molar-refractivity contribution in [3.05, 3.63) is 52.5 Å². The lowest BCUT2D eigenvalue weighted by Crippen LogP contribution is -2.53. The first-order chi connectivity index (χ1) is 15.8. The monoisotopic (exact) mass is 471 g/mol. The van der Waals surface area contributed by atoms with E-state index < -0.39 is 35.2 Å². The molecule has 10 heteroatoms. The summed E-state index contributed by atoms with van der Waals surface area (Å²) in [7, 11) is 1.48. The van der Waals surface area contributed by atoms with Crippen molar-refractivity contribution in [2.24, 2.45) is 11.8 Å². The standard InChI is InChI=1S/C23H22ClN3O6/c1-33-7-6-27-20(30)18-15(8-11-2-5-16(28)17(29)9-11)26-23(19(18)21(27)31)13-10-12(24)3-4-14(13)25-22(23)32/h2-5,9-10,15,18-19,26,28-29H,6-8H2,1H3,(H,25,32)/t15-,18-,19+,23-/m1/s1. The largest absolute Gasteiger partial charge is 0.504 e. The summed E-state index contributed by atoms with van der Waals surface area (Å²) in [6.07, 6.45) is 0.247. The van der Waals surface area contributed by atoms with Crippen LogP contribution in [0.5, 0.6) is 11.5 Å². The van der Waals surface area contributed by atoms with Gasteiger partial charge in [0, 0.05) is 29.4 Å². The van der Waals surface area contributed by atoms with E-state index in [1.54, 1.807) is 24.3 Å². The molecule has 4 atom stereocenters. The van der Waals surface area contributed by atoms with Gasteiger partial charge in [0.1, 0.15) is 5.54 Å². The Morgan fingerprint density at radius 2 is 1.88 bits per heavy atom. The molecule has 3 amide bonds. The number of ether oxygens (including phenoxy) is 1. The van der Waals surface area contributed by atoms with Crippen molar-refractivity contribution in [1.29, 1.82) is 0 Å². The quantitative estimate of drug-likeness (QED) is 0.383. The number of nitrogens with zero attached hydrogens (tertiary/aromatic N) is 1. The Bertz CT molecular complexity index is 1190. The molecule has 2 saturated heterocycles. The van der Waals surface area contributed by atoms with Crippen molar-refractivity contribution >= 4 is 35.0 Å². The average Bonchev–Trinajstić information content (AvgIpc) is 3.34. The van der Waals surface area contributed by atoms with Crippen molar-refractivity contribution in [2.75, 3.05) is 25.6 Å². The number of hydrogen-bond acceptors (Lipinski definition) is 7. The Balaban J connectivity index is 1.61. The van der Waals surface area contributed by atoms with Gasteiger partial charge in [0.25, 0.3) is 0 Å². The molecule has 0 bridgehead atoms. The van der Waals surface area contributed by atoms with Crippen LogP contribution in [-0.2, 0) is 31.1 Å². The minimum absolute atomic E-state index is 0.0913. The molecular formula is C23H22ClN3O6. The Labute approximate surface area is 194 Å². The second-order valence-electron chi connectivity index (χ2n) is 8.55. The fourth-order valence-corrected chi connectivity index (χ4v) is 5.53. The van der Waals surface area contributed by atoms with Crippen molar-refractivity contribution in [3.8, 4) is 11.5 Å². The lowest BCUT2D eigenvalue weighted by atomic mass is 9.76. The summed E-state index contributed by atoms with van der Waals surface area (Å²) in [5, 5.41) is 26.1. The van der Waals surface area contributed by atoms with Gasteiger partial charge >= 0.3 is 0 Å². The highest BCUT2D eigenvalue weighted by molar-refractivity contribution is 6.31. The molecule has 3 heterocycles. The highest BCUT2D eigenvalue weighted by atomic mass is 35.5. The number of carbonyl (C=O) groups excluding carboxylic acids is 3. The molecule has 0 aromatic heterocycles. The van der Waals surface area contributed by atoms with Crippen LogP contribution < -0.4 is 10.6 Å². The molecule has 0 saturated carbocycles.